The van der Waals surface area contributed by atoms with Crippen LogP contribution in [0, 0.1) is 12.7 Å². The quantitative estimate of drug-likeness (QED) is 0.885. The summed E-state index contributed by atoms with van der Waals surface area (Å²) in [6, 6.07) is 6.68. The highest BCUT2D eigenvalue weighted by molar-refractivity contribution is 5.60. The lowest BCUT2D eigenvalue weighted by molar-refractivity contribution is 0.631. The van der Waals surface area contributed by atoms with Crippen LogP contribution < -0.4 is 10.6 Å². The number of nitrogens with one attached hydrogen (secondary N) is 2. The molecule has 1 aromatic heterocycles. The molecule has 0 bridgehead atoms. The van der Waals surface area contributed by atoms with Crippen LogP contribution in [0.4, 0.5) is 21.7 Å². The van der Waals surface area contributed by atoms with E-state index in [1.54, 1.807) is 25.2 Å². The number of nitrogens with zero attached hydrogens (tertiary/aromatic N) is 2. The first-order valence-corrected chi connectivity index (χ1v) is 6.21. The fourth-order valence-corrected chi connectivity index (χ4v) is 1.72. The maximum absolute atomic E-state index is 13.7. The van der Waals surface area contributed by atoms with Gasteiger partial charge in [0.1, 0.15) is 23.3 Å². The largest absolute Gasteiger partial charge is 0.373 e. The molecule has 0 unspecified atom stereocenters. The molecule has 2 rings (SSSR count). The molecule has 2 aromatic rings. The first kappa shape index (κ1) is 13.3. The summed E-state index contributed by atoms with van der Waals surface area (Å²) in [6.07, 6.45) is 0.723. The Labute approximate surface area is 112 Å². The molecule has 4 nitrogen and oxygen atoms in total. The van der Waals surface area contributed by atoms with E-state index in [1.165, 1.54) is 6.07 Å². The van der Waals surface area contributed by atoms with Gasteiger partial charge in [0.2, 0.25) is 0 Å². The zero-order valence-corrected chi connectivity index (χ0v) is 11.3. The minimum absolute atomic E-state index is 0.298. The minimum atomic E-state index is -0.298. The van der Waals surface area contributed by atoms with E-state index in [0.717, 1.165) is 12.0 Å². The molecular weight excluding hydrogens is 243 g/mol. The number of anilines is 3. The van der Waals surface area contributed by atoms with Gasteiger partial charge in [0.25, 0.3) is 0 Å². The van der Waals surface area contributed by atoms with Crippen LogP contribution >= 0.6 is 0 Å². The minimum Gasteiger partial charge on any atom is -0.373 e. The second-order valence-electron chi connectivity index (χ2n) is 4.27. The average Bonchev–Trinajstić information content (AvgIpc) is 2.42. The third-order valence-electron chi connectivity index (χ3n) is 2.73. The summed E-state index contributed by atoms with van der Waals surface area (Å²) in [4.78, 5) is 8.63. The summed E-state index contributed by atoms with van der Waals surface area (Å²) in [7, 11) is 1.79. The SMILES string of the molecule is CCc1nc(NC)cc(Nc2cc(C)ccc2F)n1. The Morgan fingerprint density at radius 1 is 1.16 bits per heavy atom. The number of aryl methyl sites for hydroxylation is 2. The molecule has 0 atom stereocenters. The topological polar surface area (TPSA) is 49.8 Å². The van der Waals surface area contributed by atoms with E-state index in [2.05, 4.69) is 20.6 Å². The van der Waals surface area contributed by atoms with Crippen LogP contribution in [0.25, 0.3) is 0 Å². The summed E-state index contributed by atoms with van der Waals surface area (Å²) in [5.74, 6) is 1.71. The van der Waals surface area contributed by atoms with Crippen molar-refractivity contribution in [3.05, 3.63) is 41.5 Å². The van der Waals surface area contributed by atoms with Crippen molar-refractivity contribution in [2.24, 2.45) is 0 Å². The lowest BCUT2D eigenvalue weighted by Crippen LogP contribution is -2.04. The molecule has 1 heterocycles. The monoisotopic (exact) mass is 260 g/mol. The molecule has 0 aliphatic heterocycles. The van der Waals surface area contributed by atoms with Crippen LogP contribution in [-0.4, -0.2) is 17.0 Å². The van der Waals surface area contributed by atoms with Gasteiger partial charge in [-0.25, -0.2) is 14.4 Å². The zero-order valence-electron chi connectivity index (χ0n) is 11.3. The third kappa shape index (κ3) is 3.19. The molecule has 5 heteroatoms. The Kier molecular flexibility index (Phi) is 3.94. The Balaban J connectivity index is 2.34. The molecule has 19 heavy (non-hydrogen) atoms. The Hall–Kier alpha value is -2.17. The van der Waals surface area contributed by atoms with Gasteiger partial charge in [-0.3, -0.25) is 0 Å². The van der Waals surface area contributed by atoms with Crippen molar-refractivity contribution in [3.8, 4) is 0 Å². The van der Waals surface area contributed by atoms with Gasteiger partial charge < -0.3 is 10.6 Å². The van der Waals surface area contributed by atoms with Crippen LogP contribution in [0.15, 0.2) is 24.3 Å². The molecule has 0 aliphatic carbocycles. The molecule has 1 aromatic carbocycles. The Morgan fingerprint density at radius 2 is 1.89 bits per heavy atom. The molecule has 0 saturated carbocycles. The number of rotatable bonds is 4. The molecule has 0 aliphatic rings. The summed E-state index contributed by atoms with van der Waals surface area (Å²) in [6.45, 7) is 3.90. The molecular formula is C14H17FN4. The molecule has 0 radical (unpaired) electrons. The zero-order chi connectivity index (χ0) is 13.8. The summed E-state index contributed by atoms with van der Waals surface area (Å²) in [5.41, 5.74) is 1.41. The average molecular weight is 260 g/mol. The normalized spacial score (nSPS) is 10.3. The highest BCUT2D eigenvalue weighted by Crippen LogP contribution is 2.21. The van der Waals surface area contributed by atoms with Crippen molar-refractivity contribution in [1.29, 1.82) is 0 Å². The van der Waals surface area contributed by atoms with Gasteiger partial charge in [0, 0.05) is 19.5 Å². The van der Waals surface area contributed by atoms with Gasteiger partial charge in [-0.2, -0.15) is 0 Å². The predicted octanol–water partition coefficient (Wildman–Crippen LogP) is 3.27. The lowest BCUT2D eigenvalue weighted by atomic mass is 10.2. The highest BCUT2D eigenvalue weighted by Gasteiger charge is 2.06. The molecule has 0 fully saturated rings. The molecule has 0 spiro atoms. The number of halogens is 1. The predicted molar refractivity (Wildman–Crippen MR) is 75.4 cm³/mol. The standard InChI is InChI=1S/C14H17FN4/c1-4-12-18-13(16-3)8-14(19-12)17-11-7-9(2)5-6-10(11)15/h5-8H,4H2,1-3H3,(H2,16,17,18,19). The van der Waals surface area contributed by atoms with E-state index in [4.69, 9.17) is 0 Å². The number of hydrogen-bond donors (Lipinski definition) is 2. The van der Waals surface area contributed by atoms with Gasteiger partial charge in [-0.05, 0) is 24.6 Å². The number of hydrogen-bond acceptors (Lipinski definition) is 4. The van der Waals surface area contributed by atoms with Crippen LogP contribution in [0.2, 0.25) is 0 Å². The number of aromatic nitrogens is 2. The van der Waals surface area contributed by atoms with Gasteiger partial charge in [-0.15, -0.1) is 0 Å². The second kappa shape index (κ2) is 5.65. The van der Waals surface area contributed by atoms with Crippen molar-refractivity contribution in [1.82, 2.24) is 9.97 Å². The first-order valence-electron chi connectivity index (χ1n) is 6.21. The van der Waals surface area contributed by atoms with E-state index in [-0.39, 0.29) is 5.82 Å². The van der Waals surface area contributed by atoms with E-state index in [9.17, 15) is 4.39 Å². The van der Waals surface area contributed by atoms with Crippen molar-refractivity contribution >= 4 is 17.3 Å². The molecule has 0 amide bonds. The first-order chi connectivity index (χ1) is 9.12. The Bertz CT molecular complexity index is 561. The second-order valence-corrected chi connectivity index (χ2v) is 4.27. The van der Waals surface area contributed by atoms with Crippen molar-refractivity contribution in [2.75, 3.05) is 17.7 Å². The van der Waals surface area contributed by atoms with E-state index in [1.807, 2.05) is 13.8 Å². The maximum atomic E-state index is 13.7. The molecule has 100 valence electrons. The van der Waals surface area contributed by atoms with Crippen LogP contribution in [-0.2, 0) is 6.42 Å². The summed E-state index contributed by atoms with van der Waals surface area (Å²) in [5, 5.41) is 5.97. The summed E-state index contributed by atoms with van der Waals surface area (Å²) < 4.78 is 13.7. The lowest BCUT2D eigenvalue weighted by Gasteiger charge is -2.10. The number of benzene rings is 1. The van der Waals surface area contributed by atoms with E-state index < -0.39 is 0 Å². The third-order valence-corrected chi connectivity index (χ3v) is 2.73. The van der Waals surface area contributed by atoms with Crippen molar-refractivity contribution in [3.63, 3.8) is 0 Å². The van der Waals surface area contributed by atoms with Crippen molar-refractivity contribution < 1.29 is 4.39 Å². The van der Waals surface area contributed by atoms with Crippen LogP contribution in [0.3, 0.4) is 0 Å². The molecule has 2 N–H and O–H groups in total. The van der Waals surface area contributed by atoms with Gasteiger partial charge in [0.05, 0.1) is 5.69 Å². The van der Waals surface area contributed by atoms with Crippen molar-refractivity contribution in [2.45, 2.75) is 20.3 Å². The van der Waals surface area contributed by atoms with Gasteiger partial charge in [-0.1, -0.05) is 13.0 Å². The van der Waals surface area contributed by atoms with Gasteiger partial charge >= 0.3 is 0 Å². The smallest absolute Gasteiger partial charge is 0.146 e. The highest BCUT2D eigenvalue weighted by atomic mass is 19.1. The molecule has 0 saturated heterocycles. The van der Waals surface area contributed by atoms with Crippen LogP contribution in [0.5, 0.6) is 0 Å². The van der Waals surface area contributed by atoms with E-state index in [0.29, 0.717) is 23.1 Å². The summed E-state index contributed by atoms with van der Waals surface area (Å²) >= 11 is 0. The Morgan fingerprint density at radius 3 is 2.58 bits per heavy atom. The fourth-order valence-electron chi connectivity index (χ4n) is 1.72. The maximum Gasteiger partial charge on any atom is 0.146 e. The fraction of sp³-hybridized carbons (Fsp3) is 0.286. The van der Waals surface area contributed by atoms with E-state index >= 15 is 0 Å². The van der Waals surface area contributed by atoms with Crippen LogP contribution in [0.1, 0.15) is 18.3 Å². The van der Waals surface area contributed by atoms with Gasteiger partial charge in [0.15, 0.2) is 0 Å².